The van der Waals surface area contributed by atoms with Gasteiger partial charge in [0.2, 0.25) is 5.28 Å². The van der Waals surface area contributed by atoms with E-state index in [2.05, 4.69) is 25.5 Å². The minimum Gasteiger partial charge on any atom is -0.323 e. The fraction of sp³-hybridized carbons (Fsp3) is 0. The minimum atomic E-state index is -0.353. The third kappa shape index (κ3) is 1.86. The Bertz CT molecular complexity index is 711. The van der Waals surface area contributed by atoms with Crippen LogP contribution in [0, 0.1) is 5.82 Å². The smallest absolute Gasteiger partial charge is 0.224 e. The van der Waals surface area contributed by atoms with Crippen LogP contribution in [-0.2, 0) is 0 Å². The van der Waals surface area contributed by atoms with E-state index < -0.39 is 0 Å². The van der Waals surface area contributed by atoms with E-state index in [1.807, 2.05) is 0 Å². The third-order valence-electron chi connectivity index (χ3n) is 2.42. The highest BCUT2D eigenvalue weighted by Gasteiger charge is 2.09. The summed E-state index contributed by atoms with van der Waals surface area (Å²) in [4.78, 5) is 7.74. The maximum Gasteiger partial charge on any atom is 0.224 e. The first-order chi connectivity index (χ1) is 8.74. The molecular weight excluding hydrogens is 257 g/mol. The highest BCUT2D eigenvalue weighted by atomic mass is 35.5. The normalized spacial score (nSPS) is 10.8. The van der Waals surface area contributed by atoms with Crippen molar-refractivity contribution in [3.63, 3.8) is 0 Å². The van der Waals surface area contributed by atoms with Crippen molar-refractivity contribution in [2.24, 2.45) is 0 Å². The topological polar surface area (TPSA) is 66.5 Å². The molecule has 7 heteroatoms. The maximum absolute atomic E-state index is 13.5. The number of anilines is 2. The zero-order valence-corrected chi connectivity index (χ0v) is 9.74. The lowest BCUT2D eigenvalue weighted by atomic mass is 10.2. The van der Waals surface area contributed by atoms with Crippen molar-refractivity contribution in [3.8, 4) is 0 Å². The van der Waals surface area contributed by atoms with Gasteiger partial charge in [-0.25, -0.2) is 14.4 Å². The van der Waals surface area contributed by atoms with Gasteiger partial charge in [-0.15, -0.1) is 0 Å². The first-order valence-corrected chi connectivity index (χ1v) is 5.50. The Hall–Kier alpha value is -2.21. The molecule has 3 aromatic rings. The number of nitrogens with zero attached hydrogens (tertiary/aromatic N) is 3. The molecule has 0 fully saturated rings. The number of halogens is 2. The number of H-pyrrole nitrogens is 1. The lowest BCUT2D eigenvalue weighted by Crippen LogP contribution is -1.95. The van der Waals surface area contributed by atoms with Crippen LogP contribution in [0.1, 0.15) is 0 Å². The fourth-order valence-corrected chi connectivity index (χ4v) is 1.78. The van der Waals surface area contributed by atoms with Gasteiger partial charge in [-0.1, -0.05) is 6.07 Å². The van der Waals surface area contributed by atoms with Crippen molar-refractivity contribution in [3.05, 3.63) is 41.6 Å². The van der Waals surface area contributed by atoms with E-state index in [9.17, 15) is 4.39 Å². The number of fused-ring (bicyclic) bond motifs is 1. The minimum absolute atomic E-state index is 0.131. The van der Waals surface area contributed by atoms with Crippen LogP contribution >= 0.6 is 11.6 Å². The zero-order chi connectivity index (χ0) is 12.5. The Morgan fingerprint density at radius 2 is 2.17 bits per heavy atom. The highest BCUT2D eigenvalue weighted by molar-refractivity contribution is 6.28. The molecule has 5 nitrogen and oxygen atoms in total. The summed E-state index contributed by atoms with van der Waals surface area (Å²) in [5.74, 6) is 0.626. The van der Waals surface area contributed by atoms with Crippen LogP contribution in [0.5, 0.6) is 0 Å². The van der Waals surface area contributed by atoms with Gasteiger partial charge in [0.05, 0.1) is 0 Å². The van der Waals surface area contributed by atoms with Crippen molar-refractivity contribution < 1.29 is 4.39 Å². The molecule has 90 valence electrons. The third-order valence-corrected chi connectivity index (χ3v) is 2.60. The average molecular weight is 264 g/mol. The number of aromatic amines is 1. The van der Waals surface area contributed by atoms with Crippen LogP contribution in [0.4, 0.5) is 16.0 Å². The number of hydrogen-bond donors (Lipinski definition) is 2. The van der Waals surface area contributed by atoms with Crippen molar-refractivity contribution >= 4 is 34.1 Å². The van der Waals surface area contributed by atoms with E-state index >= 15 is 0 Å². The van der Waals surface area contributed by atoms with E-state index in [0.29, 0.717) is 22.5 Å². The number of rotatable bonds is 2. The van der Waals surface area contributed by atoms with Crippen molar-refractivity contribution in [1.82, 2.24) is 20.2 Å². The van der Waals surface area contributed by atoms with Gasteiger partial charge < -0.3 is 5.32 Å². The number of nitrogens with one attached hydrogen (secondary N) is 2. The number of aromatic nitrogens is 4. The summed E-state index contributed by atoms with van der Waals surface area (Å²) in [7, 11) is 0. The first kappa shape index (κ1) is 10.9. The van der Waals surface area contributed by atoms with Gasteiger partial charge >= 0.3 is 0 Å². The van der Waals surface area contributed by atoms with Crippen LogP contribution in [0.25, 0.3) is 10.9 Å². The number of para-hydroxylation sites is 1. The Balaban J connectivity index is 2.03. The van der Waals surface area contributed by atoms with Gasteiger partial charge in [-0.2, -0.15) is 5.10 Å². The monoisotopic (exact) mass is 263 g/mol. The highest BCUT2D eigenvalue weighted by Crippen LogP contribution is 2.24. The van der Waals surface area contributed by atoms with Gasteiger partial charge in [0.1, 0.15) is 17.2 Å². The molecule has 0 radical (unpaired) electrons. The summed E-state index contributed by atoms with van der Waals surface area (Å²) < 4.78 is 13.5. The summed E-state index contributed by atoms with van der Waals surface area (Å²) in [5, 5.41) is 10.4. The predicted molar refractivity (Wildman–Crippen MR) is 66.4 cm³/mol. The van der Waals surface area contributed by atoms with E-state index in [-0.39, 0.29) is 11.1 Å². The SMILES string of the molecule is Fc1cccc2c(Nc3ccnc(Cl)n3)n[nH]c12. The number of hydrogen-bond acceptors (Lipinski definition) is 4. The lowest BCUT2D eigenvalue weighted by Gasteiger charge is -2.01. The largest absolute Gasteiger partial charge is 0.323 e. The Labute approximate surface area is 106 Å². The molecule has 1 aromatic carbocycles. The Kier molecular flexibility index (Phi) is 2.56. The number of benzene rings is 1. The zero-order valence-electron chi connectivity index (χ0n) is 8.98. The van der Waals surface area contributed by atoms with E-state index in [1.165, 1.54) is 12.3 Å². The molecule has 18 heavy (non-hydrogen) atoms. The van der Waals surface area contributed by atoms with E-state index in [1.54, 1.807) is 18.2 Å². The van der Waals surface area contributed by atoms with Crippen LogP contribution in [0.3, 0.4) is 0 Å². The summed E-state index contributed by atoms with van der Waals surface area (Å²) in [6.45, 7) is 0. The molecule has 0 unspecified atom stereocenters. The Morgan fingerprint density at radius 1 is 1.28 bits per heavy atom. The van der Waals surface area contributed by atoms with Crippen LogP contribution in [0.2, 0.25) is 5.28 Å². The van der Waals surface area contributed by atoms with Gasteiger partial charge in [0.25, 0.3) is 0 Å². The quantitative estimate of drug-likeness (QED) is 0.698. The molecule has 0 aliphatic carbocycles. The summed E-state index contributed by atoms with van der Waals surface area (Å²) >= 11 is 5.68. The summed E-state index contributed by atoms with van der Waals surface area (Å²) in [6, 6.07) is 6.38. The van der Waals surface area contributed by atoms with Gasteiger partial charge in [-0.3, -0.25) is 5.10 Å². The molecule has 0 atom stereocenters. The average Bonchev–Trinajstić information content (AvgIpc) is 2.74. The van der Waals surface area contributed by atoms with Crippen molar-refractivity contribution in [2.45, 2.75) is 0 Å². The van der Waals surface area contributed by atoms with Crippen LogP contribution in [-0.4, -0.2) is 20.2 Å². The first-order valence-electron chi connectivity index (χ1n) is 5.12. The van der Waals surface area contributed by atoms with Gasteiger partial charge in [0, 0.05) is 11.6 Å². The second kappa shape index (κ2) is 4.23. The molecule has 2 heterocycles. The standard InChI is InChI=1S/C11H7ClFN5/c12-11-14-5-4-8(16-11)15-10-6-2-1-3-7(13)9(6)17-18-10/h1-5H,(H2,14,15,16,17,18). The molecule has 0 aliphatic heterocycles. The van der Waals surface area contributed by atoms with Gasteiger partial charge in [-0.05, 0) is 29.8 Å². The Morgan fingerprint density at radius 3 is 3.00 bits per heavy atom. The molecule has 2 N–H and O–H groups in total. The molecule has 0 aliphatic rings. The van der Waals surface area contributed by atoms with E-state index in [4.69, 9.17) is 11.6 Å². The molecule has 0 saturated carbocycles. The molecule has 3 rings (SSSR count). The fourth-order valence-electron chi connectivity index (χ4n) is 1.63. The summed E-state index contributed by atoms with van der Waals surface area (Å²) in [5.41, 5.74) is 0.347. The predicted octanol–water partition coefficient (Wildman–Crippen LogP) is 2.89. The van der Waals surface area contributed by atoms with Gasteiger partial charge in [0.15, 0.2) is 5.82 Å². The molecule has 2 aromatic heterocycles. The lowest BCUT2D eigenvalue weighted by molar-refractivity contribution is 0.636. The van der Waals surface area contributed by atoms with Crippen molar-refractivity contribution in [2.75, 3.05) is 5.32 Å². The molecule has 0 spiro atoms. The maximum atomic E-state index is 13.5. The molecule has 0 saturated heterocycles. The summed E-state index contributed by atoms with van der Waals surface area (Å²) in [6.07, 6.45) is 1.52. The molecular formula is C11H7ClFN5. The second-order valence-corrected chi connectivity index (χ2v) is 3.91. The molecule has 0 amide bonds. The van der Waals surface area contributed by atoms with E-state index in [0.717, 1.165) is 0 Å². The van der Waals surface area contributed by atoms with Crippen LogP contribution in [0.15, 0.2) is 30.5 Å². The van der Waals surface area contributed by atoms with Crippen LogP contribution < -0.4 is 5.32 Å². The molecule has 0 bridgehead atoms. The van der Waals surface area contributed by atoms with Crippen molar-refractivity contribution in [1.29, 1.82) is 0 Å². The second-order valence-electron chi connectivity index (χ2n) is 3.57.